The zero-order chi connectivity index (χ0) is 13.4. The topological polar surface area (TPSA) is 49.7 Å². The predicted octanol–water partition coefficient (Wildman–Crippen LogP) is 3.45. The summed E-state index contributed by atoms with van der Waals surface area (Å²) < 4.78 is 0. The third-order valence-electron chi connectivity index (χ3n) is 2.82. The summed E-state index contributed by atoms with van der Waals surface area (Å²) in [6, 6.07) is 5.49. The van der Waals surface area contributed by atoms with Crippen molar-refractivity contribution in [1.29, 1.82) is 0 Å². The van der Waals surface area contributed by atoms with Crippen LogP contribution in [0, 0.1) is 4.91 Å². The minimum absolute atomic E-state index is 0.237. The molecule has 0 heterocycles. The van der Waals surface area contributed by atoms with E-state index >= 15 is 0 Å². The number of nitroso groups, excluding NO2 is 1. The van der Waals surface area contributed by atoms with Gasteiger partial charge in [0.2, 0.25) is 0 Å². The van der Waals surface area contributed by atoms with Gasteiger partial charge >= 0.3 is 0 Å². The van der Waals surface area contributed by atoms with E-state index in [0.717, 1.165) is 37.9 Å². The SMILES string of the molecule is CCCN(CCC)c1ccc(N=O)c(CC=O)c1. The van der Waals surface area contributed by atoms with Crippen LogP contribution < -0.4 is 4.90 Å². The van der Waals surface area contributed by atoms with Crippen molar-refractivity contribution in [3.63, 3.8) is 0 Å². The number of nitrogens with zero attached hydrogens (tertiary/aromatic N) is 2. The zero-order valence-electron chi connectivity index (χ0n) is 11.1. The normalized spacial score (nSPS) is 10.1. The number of carbonyl (C=O) groups excluding carboxylic acids is 1. The molecule has 0 saturated heterocycles. The van der Waals surface area contributed by atoms with Crippen molar-refractivity contribution in [3.05, 3.63) is 28.7 Å². The molecule has 4 heteroatoms. The quantitative estimate of drug-likeness (QED) is 0.523. The Kier molecular flexibility index (Phi) is 6.05. The van der Waals surface area contributed by atoms with Crippen molar-refractivity contribution in [3.8, 4) is 0 Å². The van der Waals surface area contributed by atoms with E-state index in [0.29, 0.717) is 11.3 Å². The predicted molar refractivity (Wildman–Crippen MR) is 74.5 cm³/mol. The summed E-state index contributed by atoms with van der Waals surface area (Å²) in [5.41, 5.74) is 2.12. The smallest absolute Gasteiger partial charge is 0.124 e. The highest BCUT2D eigenvalue weighted by Crippen LogP contribution is 2.25. The van der Waals surface area contributed by atoms with E-state index in [9.17, 15) is 9.70 Å². The van der Waals surface area contributed by atoms with E-state index in [-0.39, 0.29) is 6.42 Å². The highest BCUT2D eigenvalue weighted by molar-refractivity contribution is 5.65. The van der Waals surface area contributed by atoms with E-state index in [1.54, 1.807) is 6.07 Å². The molecule has 0 aromatic heterocycles. The Morgan fingerprint density at radius 3 is 2.39 bits per heavy atom. The maximum atomic E-state index is 10.7. The number of aldehydes is 1. The molecule has 0 fully saturated rings. The third-order valence-corrected chi connectivity index (χ3v) is 2.82. The summed E-state index contributed by atoms with van der Waals surface area (Å²) in [7, 11) is 0. The van der Waals surface area contributed by atoms with Crippen molar-refractivity contribution in [2.45, 2.75) is 33.1 Å². The largest absolute Gasteiger partial charge is 0.372 e. The molecule has 18 heavy (non-hydrogen) atoms. The van der Waals surface area contributed by atoms with Gasteiger partial charge in [-0.3, -0.25) is 0 Å². The molecule has 0 spiro atoms. The van der Waals surface area contributed by atoms with Gasteiger partial charge < -0.3 is 9.69 Å². The van der Waals surface area contributed by atoms with Crippen LogP contribution >= 0.6 is 0 Å². The lowest BCUT2D eigenvalue weighted by Crippen LogP contribution is -2.24. The lowest BCUT2D eigenvalue weighted by molar-refractivity contribution is -0.107. The van der Waals surface area contributed by atoms with Crippen LogP contribution in [0.15, 0.2) is 23.4 Å². The molecule has 0 bridgehead atoms. The molecular formula is C14H20N2O2. The Hall–Kier alpha value is -1.71. The van der Waals surface area contributed by atoms with Gasteiger partial charge in [-0.2, -0.15) is 0 Å². The molecule has 0 saturated carbocycles. The number of rotatable bonds is 8. The molecule has 1 rings (SSSR count). The Bertz CT molecular complexity index is 399. The van der Waals surface area contributed by atoms with Gasteiger partial charge in [-0.15, -0.1) is 4.91 Å². The zero-order valence-corrected chi connectivity index (χ0v) is 11.1. The highest BCUT2D eigenvalue weighted by atomic mass is 16.3. The van der Waals surface area contributed by atoms with E-state index in [1.807, 2.05) is 12.1 Å². The third kappa shape index (κ3) is 3.65. The van der Waals surface area contributed by atoms with Crippen molar-refractivity contribution in [1.82, 2.24) is 0 Å². The Balaban J connectivity index is 3.03. The van der Waals surface area contributed by atoms with Crippen molar-refractivity contribution < 1.29 is 4.79 Å². The summed E-state index contributed by atoms with van der Waals surface area (Å²) in [6.07, 6.45) is 3.17. The Morgan fingerprint density at radius 1 is 1.22 bits per heavy atom. The molecule has 0 radical (unpaired) electrons. The molecule has 4 nitrogen and oxygen atoms in total. The first-order valence-electron chi connectivity index (χ1n) is 6.41. The summed E-state index contributed by atoms with van der Waals surface area (Å²) >= 11 is 0. The van der Waals surface area contributed by atoms with E-state index in [2.05, 4.69) is 23.9 Å². The van der Waals surface area contributed by atoms with Gasteiger partial charge in [0.05, 0.1) is 0 Å². The second-order valence-corrected chi connectivity index (χ2v) is 4.26. The number of hydrogen-bond acceptors (Lipinski definition) is 4. The molecule has 0 aliphatic rings. The van der Waals surface area contributed by atoms with Crippen LogP contribution in [-0.2, 0) is 11.2 Å². The monoisotopic (exact) mass is 248 g/mol. The second kappa shape index (κ2) is 7.58. The van der Waals surface area contributed by atoms with E-state index < -0.39 is 0 Å². The molecule has 0 N–H and O–H groups in total. The van der Waals surface area contributed by atoms with Gasteiger partial charge in [-0.25, -0.2) is 0 Å². The van der Waals surface area contributed by atoms with Crippen LogP contribution in [0.5, 0.6) is 0 Å². The summed E-state index contributed by atoms with van der Waals surface area (Å²) in [5.74, 6) is 0. The van der Waals surface area contributed by atoms with Crippen LogP contribution in [0.1, 0.15) is 32.3 Å². The number of carbonyl (C=O) groups is 1. The maximum Gasteiger partial charge on any atom is 0.124 e. The molecule has 0 unspecified atom stereocenters. The molecule has 1 aromatic rings. The fourth-order valence-corrected chi connectivity index (χ4v) is 2.02. The Morgan fingerprint density at radius 2 is 1.89 bits per heavy atom. The van der Waals surface area contributed by atoms with Gasteiger partial charge in [0.15, 0.2) is 0 Å². The first kappa shape index (κ1) is 14.4. The van der Waals surface area contributed by atoms with Crippen molar-refractivity contribution in [2.75, 3.05) is 18.0 Å². The van der Waals surface area contributed by atoms with Crippen LogP contribution in [0.3, 0.4) is 0 Å². The van der Waals surface area contributed by atoms with E-state index in [1.165, 1.54) is 0 Å². The lowest BCUT2D eigenvalue weighted by atomic mass is 10.1. The lowest BCUT2D eigenvalue weighted by Gasteiger charge is -2.24. The van der Waals surface area contributed by atoms with Crippen LogP contribution in [0.2, 0.25) is 0 Å². The second-order valence-electron chi connectivity index (χ2n) is 4.26. The minimum atomic E-state index is 0.237. The van der Waals surface area contributed by atoms with Gasteiger partial charge in [0.1, 0.15) is 12.0 Å². The van der Waals surface area contributed by atoms with Gasteiger partial charge in [-0.05, 0) is 41.8 Å². The minimum Gasteiger partial charge on any atom is -0.372 e. The molecule has 0 atom stereocenters. The van der Waals surface area contributed by atoms with Gasteiger partial charge in [-0.1, -0.05) is 13.8 Å². The highest BCUT2D eigenvalue weighted by Gasteiger charge is 2.09. The summed E-state index contributed by atoms with van der Waals surface area (Å²) in [6.45, 7) is 6.22. The van der Waals surface area contributed by atoms with Gasteiger partial charge in [0, 0.05) is 25.2 Å². The maximum absolute atomic E-state index is 10.7. The molecular weight excluding hydrogens is 228 g/mol. The number of benzene rings is 1. The Labute approximate surface area is 108 Å². The van der Waals surface area contributed by atoms with Crippen molar-refractivity contribution >= 4 is 17.7 Å². The first-order chi connectivity index (χ1) is 8.76. The molecule has 0 amide bonds. The average Bonchev–Trinajstić information content (AvgIpc) is 2.39. The molecule has 0 aliphatic carbocycles. The molecule has 98 valence electrons. The average molecular weight is 248 g/mol. The number of hydrogen-bond donors (Lipinski definition) is 0. The number of anilines is 1. The van der Waals surface area contributed by atoms with Gasteiger partial charge in [0.25, 0.3) is 0 Å². The first-order valence-corrected chi connectivity index (χ1v) is 6.41. The summed E-state index contributed by atoms with van der Waals surface area (Å²) in [4.78, 5) is 23.5. The molecule has 0 aliphatic heterocycles. The van der Waals surface area contributed by atoms with Crippen LogP contribution in [0.25, 0.3) is 0 Å². The van der Waals surface area contributed by atoms with Crippen LogP contribution in [0.4, 0.5) is 11.4 Å². The fourth-order valence-electron chi connectivity index (χ4n) is 2.02. The van der Waals surface area contributed by atoms with Crippen LogP contribution in [-0.4, -0.2) is 19.4 Å². The summed E-state index contributed by atoms with van der Waals surface area (Å²) in [5, 5.41) is 2.95. The van der Waals surface area contributed by atoms with Crippen molar-refractivity contribution in [2.24, 2.45) is 5.18 Å². The fraction of sp³-hybridized carbons (Fsp3) is 0.500. The standard InChI is InChI=1S/C14H20N2O2/c1-3-8-16(9-4-2)13-5-6-14(15-18)12(11-13)7-10-17/h5-6,10-11H,3-4,7-9H2,1-2H3. The van der Waals surface area contributed by atoms with E-state index in [4.69, 9.17) is 0 Å². The molecule has 1 aromatic carbocycles.